The third-order valence-electron chi connectivity index (χ3n) is 3.65. The van der Waals surface area contributed by atoms with Crippen molar-refractivity contribution < 1.29 is 9.53 Å². The summed E-state index contributed by atoms with van der Waals surface area (Å²) in [6, 6.07) is 3.95. The Morgan fingerprint density at radius 3 is 2.88 bits per heavy atom. The Morgan fingerprint density at radius 2 is 2.29 bits per heavy atom. The van der Waals surface area contributed by atoms with Gasteiger partial charge in [-0.05, 0) is 49.4 Å². The van der Waals surface area contributed by atoms with Crippen molar-refractivity contribution in [2.75, 3.05) is 19.6 Å². The molecule has 17 heavy (non-hydrogen) atoms. The molecule has 92 valence electrons. The third-order valence-corrected chi connectivity index (χ3v) is 4.39. The summed E-state index contributed by atoms with van der Waals surface area (Å²) in [7, 11) is 0. The van der Waals surface area contributed by atoms with Gasteiger partial charge in [0.15, 0.2) is 5.06 Å². The second-order valence-corrected chi connectivity index (χ2v) is 5.62. The molecule has 3 saturated heterocycles. The minimum absolute atomic E-state index is 0.268. The molecule has 1 amide bonds. The SMILES string of the molecule is O=C(NC1CN2CCC1CC2)Oc1cccs1. The van der Waals surface area contributed by atoms with E-state index in [4.69, 9.17) is 4.74 Å². The maximum Gasteiger partial charge on any atom is 0.413 e. The normalized spacial score (nSPS) is 31.2. The van der Waals surface area contributed by atoms with Gasteiger partial charge >= 0.3 is 6.09 Å². The van der Waals surface area contributed by atoms with Gasteiger partial charge in [0.1, 0.15) is 0 Å². The van der Waals surface area contributed by atoms with E-state index in [2.05, 4.69) is 10.2 Å². The Kier molecular flexibility index (Phi) is 3.03. The summed E-state index contributed by atoms with van der Waals surface area (Å²) >= 11 is 1.44. The van der Waals surface area contributed by atoms with Crippen molar-refractivity contribution in [3.8, 4) is 5.06 Å². The average molecular weight is 252 g/mol. The average Bonchev–Trinajstić information content (AvgIpc) is 2.83. The molecule has 2 bridgehead atoms. The van der Waals surface area contributed by atoms with E-state index in [0.29, 0.717) is 11.0 Å². The van der Waals surface area contributed by atoms with E-state index in [1.165, 1.54) is 37.3 Å². The largest absolute Gasteiger partial charge is 0.413 e. The maximum atomic E-state index is 11.7. The highest BCUT2D eigenvalue weighted by atomic mass is 32.1. The molecule has 5 heteroatoms. The van der Waals surface area contributed by atoms with Crippen LogP contribution >= 0.6 is 11.3 Å². The van der Waals surface area contributed by atoms with Gasteiger partial charge < -0.3 is 15.0 Å². The predicted octanol–water partition coefficient (Wildman–Crippen LogP) is 1.93. The van der Waals surface area contributed by atoms with Crippen molar-refractivity contribution in [2.24, 2.45) is 5.92 Å². The van der Waals surface area contributed by atoms with E-state index in [1.54, 1.807) is 6.07 Å². The molecule has 0 radical (unpaired) electrons. The number of rotatable bonds is 2. The molecule has 1 aromatic rings. The minimum atomic E-state index is -0.314. The lowest BCUT2D eigenvalue weighted by Gasteiger charge is -2.44. The van der Waals surface area contributed by atoms with Crippen molar-refractivity contribution in [1.82, 2.24) is 10.2 Å². The molecule has 1 unspecified atom stereocenters. The second-order valence-electron chi connectivity index (χ2n) is 4.71. The van der Waals surface area contributed by atoms with Crippen LogP contribution in [0.25, 0.3) is 0 Å². The molecule has 3 aliphatic heterocycles. The summed E-state index contributed by atoms with van der Waals surface area (Å²) in [5.41, 5.74) is 0. The summed E-state index contributed by atoms with van der Waals surface area (Å²) < 4.78 is 5.21. The van der Waals surface area contributed by atoms with Gasteiger partial charge in [0.25, 0.3) is 0 Å². The Morgan fingerprint density at radius 1 is 1.47 bits per heavy atom. The highest BCUT2D eigenvalue weighted by Crippen LogP contribution is 2.27. The van der Waals surface area contributed by atoms with Crippen LogP contribution in [0, 0.1) is 5.92 Å². The number of nitrogens with one attached hydrogen (secondary N) is 1. The molecule has 4 rings (SSSR count). The standard InChI is InChI=1S/C12H16N2O2S/c15-12(16-11-2-1-7-17-11)13-10-8-14-5-3-9(10)4-6-14/h1-2,7,9-10H,3-6,8H2,(H,13,15). The van der Waals surface area contributed by atoms with Gasteiger partial charge in [-0.15, -0.1) is 11.3 Å². The first-order valence-corrected chi connectivity index (χ1v) is 6.93. The molecule has 4 heterocycles. The first kappa shape index (κ1) is 11.0. The molecular weight excluding hydrogens is 236 g/mol. The first-order chi connectivity index (χ1) is 8.31. The zero-order valence-electron chi connectivity index (χ0n) is 9.59. The molecule has 0 aromatic carbocycles. The fourth-order valence-electron chi connectivity index (χ4n) is 2.72. The van der Waals surface area contributed by atoms with E-state index in [-0.39, 0.29) is 12.1 Å². The predicted molar refractivity (Wildman–Crippen MR) is 66.4 cm³/mol. The van der Waals surface area contributed by atoms with Crippen LogP contribution < -0.4 is 10.1 Å². The number of hydrogen-bond donors (Lipinski definition) is 1. The van der Waals surface area contributed by atoms with Gasteiger partial charge in [0.05, 0.1) is 0 Å². The van der Waals surface area contributed by atoms with Crippen LogP contribution in [0.15, 0.2) is 17.5 Å². The number of amides is 1. The molecule has 0 spiro atoms. The molecule has 3 fully saturated rings. The summed E-state index contributed by atoms with van der Waals surface area (Å²) in [6.45, 7) is 3.34. The molecule has 4 nitrogen and oxygen atoms in total. The van der Waals surface area contributed by atoms with E-state index < -0.39 is 0 Å². The van der Waals surface area contributed by atoms with Crippen LogP contribution in [-0.2, 0) is 0 Å². The number of hydrogen-bond acceptors (Lipinski definition) is 4. The van der Waals surface area contributed by atoms with Crippen LogP contribution in [0.4, 0.5) is 4.79 Å². The first-order valence-electron chi connectivity index (χ1n) is 6.05. The van der Waals surface area contributed by atoms with E-state index in [9.17, 15) is 4.79 Å². The van der Waals surface area contributed by atoms with Crippen molar-refractivity contribution in [3.05, 3.63) is 17.5 Å². The molecular formula is C12H16N2O2S. The number of carbonyl (C=O) groups is 1. The van der Waals surface area contributed by atoms with Gasteiger partial charge in [-0.1, -0.05) is 0 Å². The monoisotopic (exact) mass is 252 g/mol. The van der Waals surface area contributed by atoms with Crippen molar-refractivity contribution >= 4 is 17.4 Å². The van der Waals surface area contributed by atoms with Gasteiger partial charge in [-0.2, -0.15) is 0 Å². The van der Waals surface area contributed by atoms with Crippen LogP contribution in [0.5, 0.6) is 5.06 Å². The van der Waals surface area contributed by atoms with Gasteiger partial charge in [-0.25, -0.2) is 4.79 Å². The number of nitrogens with zero attached hydrogens (tertiary/aromatic N) is 1. The second kappa shape index (κ2) is 4.66. The lowest BCUT2D eigenvalue weighted by Crippen LogP contribution is -2.57. The van der Waals surface area contributed by atoms with Crippen LogP contribution in [0.2, 0.25) is 0 Å². The molecule has 0 saturated carbocycles. The lowest BCUT2D eigenvalue weighted by molar-refractivity contribution is 0.0726. The van der Waals surface area contributed by atoms with Gasteiger partial charge in [0.2, 0.25) is 0 Å². The number of ether oxygens (including phenoxy) is 1. The lowest BCUT2D eigenvalue weighted by atomic mass is 9.84. The molecule has 3 aliphatic rings. The van der Waals surface area contributed by atoms with Crippen molar-refractivity contribution in [2.45, 2.75) is 18.9 Å². The van der Waals surface area contributed by atoms with Gasteiger partial charge in [-0.3, -0.25) is 0 Å². The number of carbonyl (C=O) groups excluding carboxylic acids is 1. The third kappa shape index (κ3) is 2.45. The van der Waals surface area contributed by atoms with Gasteiger partial charge in [0, 0.05) is 12.6 Å². The summed E-state index contributed by atoms with van der Waals surface area (Å²) in [5.74, 6) is 0.635. The molecule has 1 N–H and O–H groups in total. The minimum Gasteiger partial charge on any atom is -0.399 e. The summed E-state index contributed by atoms with van der Waals surface area (Å²) in [6.07, 6.45) is 2.08. The number of thiophene rings is 1. The molecule has 1 aromatic heterocycles. The van der Waals surface area contributed by atoms with Crippen LogP contribution in [-0.4, -0.2) is 36.7 Å². The Balaban J connectivity index is 1.55. The summed E-state index contributed by atoms with van der Waals surface area (Å²) in [5, 5.41) is 5.55. The van der Waals surface area contributed by atoms with Crippen molar-refractivity contribution in [1.29, 1.82) is 0 Å². The maximum absolute atomic E-state index is 11.7. The summed E-state index contributed by atoms with van der Waals surface area (Å²) in [4.78, 5) is 14.1. The zero-order chi connectivity index (χ0) is 11.7. The molecule has 1 atom stereocenters. The van der Waals surface area contributed by atoms with Crippen LogP contribution in [0.1, 0.15) is 12.8 Å². The van der Waals surface area contributed by atoms with E-state index >= 15 is 0 Å². The van der Waals surface area contributed by atoms with Crippen molar-refractivity contribution in [3.63, 3.8) is 0 Å². The molecule has 0 aliphatic carbocycles. The Labute approximate surface area is 105 Å². The smallest absolute Gasteiger partial charge is 0.399 e. The Hall–Kier alpha value is -1.07. The fraction of sp³-hybridized carbons (Fsp3) is 0.583. The quantitative estimate of drug-likeness (QED) is 0.874. The number of fused-ring (bicyclic) bond motifs is 3. The highest BCUT2D eigenvalue weighted by Gasteiger charge is 2.35. The van der Waals surface area contributed by atoms with Crippen LogP contribution in [0.3, 0.4) is 0 Å². The van der Waals surface area contributed by atoms with E-state index in [0.717, 1.165) is 6.54 Å². The zero-order valence-corrected chi connectivity index (χ0v) is 10.4. The highest BCUT2D eigenvalue weighted by molar-refractivity contribution is 7.11. The van der Waals surface area contributed by atoms with E-state index in [1.807, 2.05) is 11.4 Å². The number of piperidine rings is 3. The topological polar surface area (TPSA) is 41.6 Å². The Bertz CT molecular complexity index is 385. The fourth-order valence-corrected chi connectivity index (χ4v) is 3.29.